The highest BCUT2D eigenvalue weighted by molar-refractivity contribution is 5.08. The molecule has 0 aliphatic heterocycles. The Balaban J connectivity index is 1.79. The minimum Gasteiger partial charge on any atom is -0.395 e. The van der Waals surface area contributed by atoms with Crippen LogP contribution in [0.15, 0.2) is 0 Å². The van der Waals surface area contributed by atoms with Crippen molar-refractivity contribution in [2.24, 2.45) is 11.1 Å². The van der Waals surface area contributed by atoms with Gasteiger partial charge in [-0.3, -0.25) is 4.90 Å². The van der Waals surface area contributed by atoms with Gasteiger partial charge in [-0.05, 0) is 50.5 Å². The second-order valence-corrected chi connectivity index (χ2v) is 6.02. The lowest BCUT2D eigenvalue weighted by atomic mass is 9.82. The van der Waals surface area contributed by atoms with E-state index in [1.165, 1.54) is 44.9 Å². The van der Waals surface area contributed by atoms with Crippen LogP contribution >= 0.6 is 0 Å². The molecule has 3 N–H and O–H groups in total. The van der Waals surface area contributed by atoms with Gasteiger partial charge in [0.05, 0.1) is 6.61 Å². The van der Waals surface area contributed by atoms with Crippen LogP contribution in [-0.2, 0) is 0 Å². The first-order chi connectivity index (χ1) is 8.22. The van der Waals surface area contributed by atoms with Gasteiger partial charge in [0.25, 0.3) is 0 Å². The second kappa shape index (κ2) is 5.68. The fraction of sp³-hybridized carbons (Fsp3) is 1.00. The zero-order valence-corrected chi connectivity index (χ0v) is 11.2. The van der Waals surface area contributed by atoms with Crippen LogP contribution in [0.4, 0.5) is 0 Å². The molecule has 0 aromatic heterocycles. The van der Waals surface area contributed by atoms with Crippen LogP contribution in [0.2, 0.25) is 0 Å². The molecule has 1 spiro atoms. The molecule has 0 heterocycles. The Kier molecular flexibility index (Phi) is 4.45. The predicted molar refractivity (Wildman–Crippen MR) is 70.8 cm³/mol. The Bertz CT molecular complexity index is 236. The average Bonchev–Trinajstić information content (AvgIpc) is 2.96. The third-order valence-corrected chi connectivity index (χ3v) is 4.91. The first-order valence-electron chi connectivity index (χ1n) is 7.32. The molecule has 2 fully saturated rings. The molecule has 3 heteroatoms. The van der Waals surface area contributed by atoms with Crippen LogP contribution in [-0.4, -0.2) is 41.8 Å². The summed E-state index contributed by atoms with van der Waals surface area (Å²) in [6.45, 7) is 4.53. The number of rotatable bonds is 6. The third kappa shape index (κ3) is 3.01. The van der Waals surface area contributed by atoms with E-state index in [2.05, 4.69) is 11.8 Å². The predicted octanol–water partition coefficient (Wildman–Crippen LogP) is 1.74. The number of nitrogens with zero attached hydrogens (tertiary/aromatic N) is 1. The molecule has 0 amide bonds. The van der Waals surface area contributed by atoms with Crippen LogP contribution in [0.5, 0.6) is 0 Å². The molecule has 1 atom stereocenters. The molecule has 0 bridgehead atoms. The van der Waals surface area contributed by atoms with Gasteiger partial charge in [-0.15, -0.1) is 0 Å². The van der Waals surface area contributed by atoms with Gasteiger partial charge in [0.1, 0.15) is 0 Å². The van der Waals surface area contributed by atoms with Crippen molar-refractivity contribution >= 4 is 0 Å². The molecule has 0 aromatic rings. The number of unbranched alkanes of at least 4 members (excludes halogenated alkanes) is 1. The summed E-state index contributed by atoms with van der Waals surface area (Å²) in [6, 6.07) is 1.19. The number of aliphatic hydroxyl groups is 1. The van der Waals surface area contributed by atoms with Crippen molar-refractivity contribution in [1.29, 1.82) is 0 Å². The molecular formula is C14H28N2O. The Morgan fingerprint density at radius 3 is 2.41 bits per heavy atom. The molecule has 100 valence electrons. The molecule has 2 aliphatic carbocycles. The van der Waals surface area contributed by atoms with E-state index in [0.29, 0.717) is 24.1 Å². The molecule has 2 saturated carbocycles. The van der Waals surface area contributed by atoms with Crippen molar-refractivity contribution in [2.45, 2.75) is 64.0 Å². The number of aliphatic hydroxyl groups excluding tert-OH is 1. The van der Waals surface area contributed by atoms with Gasteiger partial charge in [0.15, 0.2) is 0 Å². The van der Waals surface area contributed by atoms with E-state index in [1.54, 1.807) is 0 Å². The van der Waals surface area contributed by atoms with Crippen molar-refractivity contribution in [3.63, 3.8) is 0 Å². The van der Waals surface area contributed by atoms with Gasteiger partial charge in [-0.25, -0.2) is 0 Å². The summed E-state index contributed by atoms with van der Waals surface area (Å²) in [5.74, 6) is 0. The van der Waals surface area contributed by atoms with E-state index in [0.717, 1.165) is 13.1 Å². The molecule has 3 nitrogen and oxygen atoms in total. The Hall–Kier alpha value is -0.120. The van der Waals surface area contributed by atoms with Crippen LogP contribution in [0.1, 0.15) is 51.9 Å². The van der Waals surface area contributed by atoms with E-state index in [1.807, 2.05) is 0 Å². The number of nitrogens with two attached hydrogens (primary N) is 1. The van der Waals surface area contributed by atoms with E-state index in [-0.39, 0.29) is 0 Å². The topological polar surface area (TPSA) is 49.5 Å². The van der Waals surface area contributed by atoms with Crippen LogP contribution in [0.3, 0.4) is 0 Å². The fourth-order valence-corrected chi connectivity index (χ4v) is 3.46. The second-order valence-electron chi connectivity index (χ2n) is 6.02. The highest BCUT2D eigenvalue weighted by Crippen LogP contribution is 2.55. The lowest BCUT2D eigenvalue weighted by molar-refractivity contribution is 0.103. The summed E-state index contributed by atoms with van der Waals surface area (Å²) in [5, 5.41) is 9.16. The summed E-state index contributed by atoms with van der Waals surface area (Å²) in [5.41, 5.74) is 6.57. The molecule has 0 aromatic carbocycles. The maximum atomic E-state index is 9.16. The minimum absolute atomic E-state index is 0.296. The van der Waals surface area contributed by atoms with Gasteiger partial charge >= 0.3 is 0 Å². The monoisotopic (exact) mass is 240 g/mol. The lowest BCUT2D eigenvalue weighted by Crippen LogP contribution is -2.41. The Morgan fingerprint density at radius 2 is 1.94 bits per heavy atom. The number of hydrogen-bond donors (Lipinski definition) is 2. The molecule has 2 rings (SSSR count). The van der Waals surface area contributed by atoms with E-state index < -0.39 is 0 Å². The quantitative estimate of drug-likeness (QED) is 0.743. The summed E-state index contributed by atoms with van der Waals surface area (Å²) < 4.78 is 0. The molecule has 0 saturated heterocycles. The summed E-state index contributed by atoms with van der Waals surface area (Å²) in [6.07, 6.45) is 8.95. The first kappa shape index (κ1) is 13.3. The average molecular weight is 240 g/mol. The van der Waals surface area contributed by atoms with Gasteiger partial charge in [-0.2, -0.15) is 0 Å². The Morgan fingerprint density at radius 1 is 1.29 bits per heavy atom. The van der Waals surface area contributed by atoms with Gasteiger partial charge in [0.2, 0.25) is 0 Å². The SMILES string of the molecule is CCCCN(CCO)C1CCC2(CC1)CC2N. The largest absolute Gasteiger partial charge is 0.395 e. The molecular weight excluding hydrogens is 212 g/mol. The number of hydrogen-bond acceptors (Lipinski definition) is 3. The van der Waals surface area contributed by atoms with Gasteiger partial charge in [-0.1, -0.05) is 13.3 Å². The van der Waals surface area contributed by atoms with E-state index in [9.17, 15) is 0 Å². The normalized spacial score (nSPS) is 36.7. The highest BCUT2D eigenvalue weighted by Gasteiger charge is 2.53. The smallest absolute Gasteiger partial charge is 0.0558 e. The van der Waals surface area contributed by atoms with Gasteiger partial charge in [0, 0.05) is 18.6 Å². The summed E-state index contributed by atoms with van der Waals surface area (Å²) in [7, 11) is 0. The maximum absolute atomic E-state index is 9.16. The maximum Gasteiger partial charge on any atom is 0.0558 e. The molecule has 17 heavy (non-hydrogen) atoms. The zero-order chi connectivity index (χ0) is 12.3. The van der Waals surface area contributed by atoms with Crippen molar-refractivity contribution < 1.29 is 5.11 Å². The van der Waals surface area contributed by atoms with Crippen LogP contribution < -0.4 is 5.73 Å². The van der Waals surface area contributed by atoms with Crippen molar-refractivity contribution in [2.75, 3.05) is 19.7 Å². The van der Waals surface area contributed by atoms with Crippen LogP contribution in [0.25, 0.3) is 0 Å². The van der Waals surface area contributed by atoms with Gasteiger partial charge < -0.3 is 10.8 Å². The lowest BCUT2D eigenvalue weighted by Gasteiger charge is -2.37. The first-order valence-corrected chi connectivity index (χ1v) is 7.32. The zero-order valence-electron chi connectivity index (χ0n) is 11.2. The minimum atomic E-state index is 0.296. The third-order valence-electron chi connectivity index (χ3n) is 4.91. The van der Waals surface area contributed by atoms with Crippen LogP contribution in [0, 0.1) is 5.41 Å². The highest BCUT2D eigenvalue weighted by atomic mass is 16.3. The van der Waals surface area contributed by atoms with Crippen molar-refractivity contribution in [3.05, 3.63) is 0 Å². The molecule has 0 radical (unpaired) electrons. The van der Waals surface area contributed by atoms with Crippen molar-refractivity contribution in [3.8, 4) is 0 Å². The Labute approximate surface area is 105 Å². The molecule has 2 aliphatic rings. The fourth-order valence-electron chi connectivity index (χ4n) is 3.46. The van der Waals surface area contributed by atoms with Crippen molar-refractivity contribution in [1.82, 2.24) is 4.90 Å². The molecule has 1 unspecified atom stereocenters. The summed E-state index contributed by atoms with van der Waals surface area (Å²) >= 11 is 0. The van der Waals surface area contributed by atoms with E-state index >= 15 is 0 Å². The summed E-state index contributed by atoms with van der Waals surface area (Å²) in [4.78, 5) is 2.50. The van der Waals surface area contributed by atoms with E-state index in [4.69, 9.17) is 10.8 Å². The standard InChI is InChI=1S/C14H28N2O/c1-2-3-8-16(9-10-17)12-4-6-14(7-5-12)11-13(14)15/h12-13,17H,2-11,15H2,1H3.